The average Bonchev–Trinajstić information content (AvgIpc) is 2.83. The van der Waals surface area contributed by atoms with Crippen LogP contribution in [0.5, 0.6) is 0 Å². The molecule has 0 aliphatic carbocycles. The van der Waals surface area contributed by atoms with Crippen LogP contribution in [0.4, 0.5) is 4.39 Å². The van der Waals surface area contributed by atoms with Crippen molar-refractivity contribution in [3.63, 3.8) is 0 Å². The predicted molar refractivity (Wildman–Crippen MR) is 144 cm³/mol. The second-order valence-corrected chi connectivity index (χ2v) is 9.70. The maximum absolute atomic E-state index is 14.0. The molecule has 0 spiro atoms. The van der Waals surface area contributed by atoms with Crippen LogP contribution in [-0.4, -0.2) is 31.1 Å². The van der Waals surface area contributed by atoms with Gasteiger partial charge in [-0.05, 0) is 101 Å². The van der Waals surface area contributed by atoms with Gasteiger partial charge in [0.2, 0.25) is 0 Å². The van der Waals surface area contributed by atoms with Gasteiger partial charge in [0.25, 0.3) is 0 Å². The molecule has 0 saturated carbocycles. The fraction of sp³-hybridized carbons (Fsp3) is 0.419. The molecule has 1 aliphatic rings. The van der Waals surface area contributed by atoms with Gasteiger partial charge in [-0.1, -0.05) is 78.4 Å². The third-order valence-electron chi connectivity index (χ3n) is 6.83. The standard InChI is InChI=1S/C31H41FN2/c1-5-6-7-9-26(4)31(28-14-11-24(2)12-15-28)33-23-27-17-20-34(21-18-27)19-8-10-29-22-25(3)13-16-30(29)32/h5-7,9,11-16,22,27,31,33H,4,8,10,17-21,23H2,1-3H3/b6-5-,9-7-. The Morgan fingerprint density at radius 3 is 2.50 bits per heavy atom. The number of nitrogens with one attached hydrogen (secondary N) is 1. The first-order chi connectivity index (χ1) is 16.5. The molecule has 0 amide bonds. The van der Waals surface area contributed by atoms with Crippen LogP contribution in [0.15, 0.2) is 78.9 Å². The highest BCUT2D eigenvalue weighted by molar-refractivity contribution is 5.35. The molecule has 2 nitrogen and oxygen atoms in total. The van der Waals surface area contributed by atoms with Crippen molar-refractivity contribution in [2.75, 3.05) is 26.2 Å². The Hall–Kier alpha value is -2.49. The SMILES string of the molecule is C=C(/C=C\C=C/C)C(NCC1CCN(CCCc2cc(C)ccc2F)CC1)c1ccc(C)cc1. The summed E-state index contributed by atoms with van der Waals surface area (Å²) >= 11 is 0. The van der Waals surface area contributed by atoms with Gasteiger partial charge < -0.3 is 10.2 Å². The van der Waals surface area contributed by atoms with E-state index in [0.29, 0.717) is 5.92 Å². The summed E-state index contributed by atoms with van der Waals surface area (Å²) in [5, 5.41) is 3.81. The quantitative estimate of drug-likeness (QED) is 0.360. The van der Waals surface area contributed by atoms with Crippen LogP contribution < -0.4 is 5.32 Å². The molecule has 182 valence electrons. The zero-order valence-corrected chi connectivity index (χ0v) is 21.2. The number of piperidine rings is 1. The van der Waals surface area contributed by atoms with Gasteiger partial charge >= 0.3 is 0 Å². The van der Waals surface area contributed by atoms with E-state index in [1.165, 1.54) is 24.0 Å². The van der Waals surface area contributed by atoms with E-state index in [1.807, 2.05) is 38.1 Å². The van der Waals surface area contributed by atoms with Gasteiger partial charge in [0.15, 0.2) is 0 Å². The lowest BCUT2D eigenvalue weighted by molar-refractivity contribution is 0.179. The van der Waals surface area contributed by atoms with Crippen molar-refractivity contribution in [3.05, 3.63) is 107 Å². The molecule has 34 heavy (non-hydrogen) atoms. The maximum Gasteiger partial charge on any atom is 0.126 e. The van der Waals surface area contributed by atoms with E-state index in [2.05, 4.69) is 60.1 Å². The monoisotopic (exact) mass is 460 g/mol. The number of nitrogens with zero attached hydrogens (tertiary/aromatic N) is 1. The van der Waals surface area contributed by atoms with Crippen LogP contribution in [0.3, 0.4) is 0 Å². The van der Waals surface area contributed by atoms with Crippen LogP contribution in [0, 0.1) is 25.6 Å². The molecule has 2 aromatic rings. The van der Waals surface area contributed by atoms with Crippen molar-refractivity contribution >= 4 is 0 Å². The van der Waals surface area contributed by atoms with E-state index in [1.54, 1.807) is 6.07 Å². The molecule has 3 rings (SSSR count). The van der Waals surface area contributed by atoms with Crippen LogP contribution in [0.1, 0.15) is 54.5 Å². The first kappa shape index (κ1) is 26.1. The summed E-state index contributed by atoms with van der Waals surface area (Å²) in [6.07, 6.45) is 12.5. The second-order valence-electron chi connectivity index (χ2n) is 9.70. The molecule has 2 aromatic carbocycles. The van der Waals surface area contributed by atoms with Gasteiger partial charge in [0, 0.05) is 0 Å². The highest BCUT2D eigenvalue weighted by Crippen LogP contribution is 2.24. The number of benzene rings is 2. The number of aryl methyl sites for hydroxylation is 3. The highest BCUT2D eigenvalue weighted by Gasteiger charge is 2.21. The lowest BCUT2D eigenvalue weighted by atomic mass is 9.94. The smallest absolute Gasteiger partial charge is 0.126 e. The number of likely N-dealkylation sites (tertiary alicyclic amines) is 1. The molecular formula is C31H41FN2. The Balaban J connectivity index is 1.47. The zero-order valence-electron chi connectivity index (χ0n) is 21.2. The molecule has 1 heterocycles. The molecule has 0 radical (unpaired) electrons. The van der Waals surface area contributed by atoms with Crippen LogP contribution in [-0.2, 0) is 6.42 Å². The second kappa shape index (κ2) is 13.4. The van der Waals surface area contributed by atoms with E-state index in [4.69, 9.17) is 0 Å². The minimum Gasteiger partial charge on any atom is -0.306 e. The number of hydrogen-bond donors (Lipinski definition) is 1. The topological polar surface area (TPSA) is 15.3 Å². The predicted octanol–water partition coefficient (Wildman–Crippen LogP) is 7.11. The maximum atomic E-state index is 14.0. The molecule has 0 aromatic heterocycles. The number of hydrogen-bond acceptors (Lipinski definition) is 2. The van der Waals surface area contributed by atoms with Crippen molar-refractivity contribution in [2.24, 2.45) is 5.92 Å². The summed E-state index contributed by atoms with van der Waals surface area (Å²) in [5.74, 6) is 0.603. The van der Waals surface area contributed by atoms with E-state index in [9.17, 15) is 4.39 Å². The summed E-state index contributed by atoms with van der Waals surface area (Å²) in [7, 11) is 0. The van der Waals surface area contributed by atoms with Crippen LogP contribution in [0.2, 0.25) is 0 Å². The fourth-order valence-electron chi connectivity index (χ4n) is 4.70. The fourth-order valence-corrected chi connectivity index (χ4v) is 4.70. The van der Waals surface area contributed by atoms with Gasteiger partial charge in [-0.3, -0.25) is 0 Å². The minimum absolute atomic E-state index is 0.0688. The molecule has 1 unspecified atom stereocenters. The summed E-state index contributed by atoms with van der Waals surface area (Å²) in [6, 6.07) is 14.3. The van der Waals surface area contributed by atoms with Gasteiger partial charge in [0.05, 0.1) is 6.04 Å². The van der Waals surface area contributed by atoms with Gasteiger partial charge in [-0.25, -0.2) is 4.39 Å². The molecule has 0 bridgehead atoms. The first-order valence-electron chi connectivity index (χ1n) is 12.7. The molecule has 1 fully saturated rings. The molecule has 1 N–H and O–H groups in total. The largest absolute Gasteiger partial charge is 0.306 e. The number of allylic oxidation sites excluding steroid dienone is 3. The third-order valence-corrected chi connectivity index (χ3v) is 6.83. The normalized spacial score (nSPS) is 16.5. The zero-order chi connectivity index (χ0) is 24.3. The van der Waals surface area contributed by atoms with E-state index < -0.39 is 0 Å². The average molecular weight is 461 g/mol. The van der Waals surface area contributed by atoms with E-state index >= 15 is 0 Å². The van der Waals surface area contributed by atoms with E-state index in [0.717, 1.165) is 55.7 Å². The van der Waals surface area contributed by atoms with Crippen molar-refractivity contribution < 1.29 is 4.39 Å². The minimum atomic E-state index is -0.0688. The molecule has 1 saturated heterocycles. The number of rotatable bonds is 11. The highest BCUT2D eigenvalue weighted by atomic mass is 19.1. The summed E-state index contributed by atoms with van der Waals surface area (Å²) < 4.78 is 14.0. The Bertz CT molecular complexity index is 965. The summed E-state index contributed by atoms with van der Waals surface area (Å²) in [6.45, 7) is 14.8. The molecular weight excluding hydrogens is 419 g/mol. The molecule has 1 aliphatic heterocycles. The molecule has 1 atom stereocenters. The molecule has 3 heteroatoms. The summed E-state index contributed by atoms with van der Waals surface area (Å²) in [5.41, 5.74) is 5.61. The van der Waals surface area contributed by atoms with Gasteiger partial charge in [-0.15, -0.1) is 0 Å². The van der Waals surface area contributed by atoms with Crippen LogP contribution in [0.25, 0.3) is 0 Å². The van der Waals surface area contributed by atoms with Gasteiger partial charge in [0.1, 0.15) is 5.82 Å². The lowest BCUT2D eigenvalue weighted by Gasteiger charge is -2.33. The van der Waals surface area contributed by atoms with Crippen molar-refractivity contribution in [1.29, 1.82) is 0 Å². The number of halogens is 1. The van der Waals surface area contributed by atoms with Gasteiger partial charge in [-0.2, -0.15) is 0 Å². The Morgan fingerprint density at radius 1 is 1.09 bits per heavy atom. The summed E-state index contributed by atoms with van der Waals surface area (Å²) in [4.78, 5) is 2.54. The first-order valence-corrected chi connectivity index (χ1v) is 12.7. The Morgan fingerprint density at radius 2 is 1.79 bits per heavy atom. The third kappa shape index (κ3) is 8.07. The van der Waals surface area contributed by atoms with Crippen molar-refractivity contribution in [2.45, 2.75) is 52.5 Å². The van der Waals surface area contributed by atoms with Crippen molar-refractivity contribution in [1.82, 2.24) is 10.2 Å². The van der Waals surface area contributed by atoms with Crippen molar-refractivity contribution in [3.8, 4) is 0 Å². The van der Waals surface area contributed by atoms with Crippen LogP contribution >= 0.6 is 0 Å². The Kier molecular flexibility index (Phi) is 10.3. The lowest BCUT2D eigenvalue weighted by Crippen LogP contribution is -2.38. The Labute approximate surface area is 206 Å². The van der Waals surface area contributed by atoms with E-state index in [-0.39, 0.29) is 11.9 Å².